The van der Waals surface area contributed by atoms with Crippen LogP contribution in [0.3, 0.4) is 0 Å². The first-order valence-corrected chi connectivity index (χ1v) is 4.08. The molecule has 0 aliphatic rings. The Kier molecular flexibility index (Phi) is 3.36. The quantitative estimate of drug-likeness (QED) is 0.626. The Labute approximate surface area is 89.5 Å². The number of hydrogen-bond acceptors (Lipinski definition) is 3. The topological polar surface area (TPSA) is 46.5 Å². The van der Waals surface area contributed by atoms with Crippen LogP contribution in [0.25, 0.3) is 0 Å². The van der Waals surface area contributed by atoms with Crippen LogP contribution in [0.2, 0.25) is 0 Å². The second-order valence-electron chi connectivity index (χ2n) is 2.79. The molecule has 0 radical (unpaired) electrons. The van der Waals surface area contributed by atoms with Gasteiger partial charge in [-0.05, 0) is 0 Å². The van der Waals surface area contributed by atoms with Crippen molar-refractivity contribution in [1.82, 2.24) is 0 Å². The van der Waals surface area contributed by atoms with Crippen LogP contribution in [-0.4, -0.2) is 30.7 Å². The molecule has 0 aromatic heterocycles. The van der Waals surface area contributed by atoms with Crippen molar-refractivity contribution >= 4 is 19.4 Å². The van der Waals surface area contributed by atoms with Gasteiger partial charge in [0.15, 0.2) is 0 Å². The van der Waals surface area contributed by atoms with Crippen molar-refractivity contribution in [3.8, 4) is 11.5 Å². The zero-order valence-electron chi connectivity index (χ0n) is 7.91. The molecule has 0 saturated heterocycles. The molecule has 84 valence electrons. The van der Waals surface area contributed by atoms with Gasteiger partial charge < -0.3 is 0 Å². The predicted octanol–water partition coefficient (Wildman–Crippen LogP) is 1.18. The number of aromatic hydroxyl groups is 1. The molecule has 1 rings (SSSR count). The third kappa shape index (κ3) is 2.62. The molecule has 0 bridgehead atoms. The molecule has 16 heavy (non-hydrogen) atoms. The summed E-state index contributed by atoms with van der Waals surface area (Å²) in [5, 5.41) is 9.22. The third-order valence-electron chi connectivity index (χ3n) is 1.69. The van der Waals surface area contributed by atoms with Crippen molar-refractivity contribution in [2.75, 3.05) is 0 Å². The average molecular weight is 230 g/mol. The number of benzene rings is 1. The number of carbonyl (C=O) groups is 1. The maximum absolute atomic E-state index is 12.1. The van der Waals surface area contributed by atoms with Gasteiger partial charge in [-0.15, -0.1) is 0 Å². The van der Waals surface area contributed by atoms with Crippen LogP contribution in [0.1, 0.15) is 10.4 Å². The van der Waals surface area contributed by atoms with E-state index >= 15 is 0 Å². The third-order valence-corrected chi connectivity index (χ3v) is 1.69. The first-order chi connectivity index (χ1) is 7.36. The summed E-state index contributed by atoms with van der Waals surface area (Å²) in [5.74, 6) is -2.80. The van der Waals surface area contributed by atoms with Crippen LogP contribution < -0.4 is 4.74 Å². The molecule has 1 N–H and O–H groups in total. The molecule has 3 nitrogen and oxygen atoms in total. The molecule has 0 spiro atoms. The maximum atomic E-state index is 12.1. The van der Waals surface area contributed by atoms with Crippen molar-refractivity contribution in [2.45, 2.75) is 6.18 Å². The summed E-state index contributed by atoms with van der Waals surface area (Å²) >= 11 is 0. The molecule has 1 aromatic carbocycles. The molecule has 7 heteroatoms. The molecule has 0 aliphatic carbocycles. The van der Waals surface area contributed by atoms with Crippen LogP contribution in [0.15, 0.2) is 18.2 Å². The number of ketones is 1. The minimum atomic E-state index is -5.02. The van der Waals surface area contributed by atoms with E-state index in [2.05, 4.69) is 7.49 Å². The Hall–Kier alpha value is -1.79. The number of Topliss-reactive ketones (excluding diaryl/α,β-unsaturated/α-hetero) is 1. The zero-order valence-corrected chi connectivity index (χ0v) is 7.91. The van der Waals surface area contributed by atoms with E-state index in [0.717, 1.165) is 24.4 Å². The van der Waals surface area contributed by atoms with E-state index < -0.39 is 23.3 Å². The number of alkyl halides is 3. The molecule has 0 fully saturated rings. The van der Waals surface area contributed by atoms with E-state index in [-0.39, 0.29) is 5.75 Å². The van der Waals surface area contributed by atoms with E-state index in [4.69, 9.17) is 4.74 Å². The number of halogens is 3. The van der Waals surface area contributed by atoms with Crippen LogP contribution in [-0.2, 0) is 0 Å². The number of carbonyl (C=O) groups excluding carboxylic acids is 1. The molecular weight excluding hydrogens is 224 g/mol. The Morgan fingerprint density at radius 3 is 2.50 bits per heavy atom. The van der Waals surface area contributed by atoms with Gasteiger partial charge in [0, 0.05) is 0 Å². The van der Waals surface area contributed by atoms with Gasteiger partial charge >= 0.3 is 88.7 Å². The average Bonchev–Trinajstić information content (AvgIpc) is 2.16. The molecular formula is C9H6BF3O3. The van der Waals surface area contributed by atoms with Crippen molar-refractivity contribution in [3.63, 3.8) is 0 Å². The Balaban J connectivity index is 3.08. The predicted molar refractivity (Wildman–Crippen MR) is 52.3 cm³/mol. The molecule has 0 amide bonds. The Morgan fingerprint density at radius 1 is 1.44 bits per heavy atom. The van der Waals surface area contributed by atoms with Gasteiger partial charge in [-0.1, -0.05) is 0 Å². The summed E-state index contributed by atoms with van der Waals surface area (Å²) in [4.78, 5) is 10.8. The SMILES string of the molecule is B=COc1ccc(C(=O)C(F)(F)F)c(O)c1. The molecule has 0 heterocycles. The fraction of sp³-hybridized carbons (Fsp3) is 0.111. The number of ether oxygens (including phenoxy) is 1. The van der Waals surface area contributed by atoms with Crippen molar-refractivity contribution < 1.29 is 27.8 Å². The number of phenols is 1. The summed E-state index contributed by atoms with van der Waals surface area (Å²) in [6.45, 7) is 0. The molecule has 0 aliphatic heterocycles. The van der Waals surface area contributed by atoms with Gasteiger partial charge in [-0.3, -0.25) is 0 Å². The van der Waals surface area contributed by atoms with Crippen molar-refractivity contribution in [3.05, 3.63) is 23.8 Å². The summed E-state index contributed by atoms with van der Waals surface area (Å²) in [6, 6.07) is 2.87. The van der Waals surface area contributed by atoms with E-state index in [1.807, 2.05) is 0 Å². The normalized spacial score (nSPS) is 10.9. The van der Waals surface area contributed by atoms with Gasteiger partial charge in [-0.2, -0.15) is 0 Å². The van der Waals surface area contributed by atoms with E-state index in [1.54, 1.807) is 0 Å². The Morgan fingerprint density at radius 2 is 2.06 bits per heavy atom. The van der Waals surface area contributed by atoms with Gasteiger partial charge in [-0.25, -0.2) is 0 Å². The van der Waals surface area contributed by atoms with Crippen LogP contribution >= 0.6 is 0 Å². The van der Waals surface area contributed by atoms with Gasteiger partial charge in [0.1, 0.15) is 0 Å². The second kappa shape index (κ2) is 4.38. The van der Waals surface area contributed by atoms with Crippen LogP contribution in [0, 0.1) is 0 Å². The summed E-state index contributed by atoms with van der Waals surface area (Å²) in [6.07, 6.45) is -3.97. The van der Waals surface area contributed by atoms with E-state index in [0.29, 0.717) is 0 Å². The second-order valence-corrected chi connectivity index (χ2v) is 2.79. The number of rotatable bonds is 3. The fourth-order valence-electron chi connectivity index (χ4n) is 1.03. The van der Waals surface area contributed by atoms with Crippen molar-refractivity contribution in [1.29, 1.82) is 0 Å². The standard InChI is InChI=1S/C9H6BF3O3/c10-4-16-5-1-2-6(7(14)3-5)8(15)9(11,12)13/h1-4,10,14H. The Bertz CT molecular complexity index is 428. The monoisotopic (exact) mass is 230 g/mol. The molecule has 0 unspecified atom stereocenters. The van der Waals surface area contributed by atoms with Gasteiger partial charge in [0.05, 0.1) is 0 Å². The fourth-order valence-corrected chi connectivity index (χ4v) is 1.03. The number of phenolic OH excluding ortho intramolecular Hbond substituents is 1. The van der Waals surface area contributed by atoms with Crippen LogP contribution in [0.5, 0.6) is 11.5 Å². The van der Waals surface area contributed by atoms with Gasteiger partial charge in [0.25, 0.3) is 0 Å². The molecule has 1 aromatic rings. The minimum absolute atomic E-state index is 0.0891. The number of hydrogen-bond donors (Lipinski definition) is 1. The first-order valence-electron chi connectivity index (χ1n) is 4.08. The van der Waals surface area contributed by atoms with Crippen LogP contribution in [0.4, 0.5) is 13.2 Å². The zero-order chi connectivity index (χ0) is 12.3. The first kappa shape index (κ1) is 12.3. The van der Waals surface area contributed by atoms with E-state index in [1.165, 1.54) is 0 Å². The molecule has 0 saturated carbocycles. The van der Waals surface area contributed by atoms with E-state index in [9.17, 15) is 23.1 Å². The summed E-state index contributed by atoms with van der Waals surface area (Å²) < 4.78 is 40.9. The molecule has 0 atom stereocenters. The van der Waals surface area contributed by atoms with Crippen molar-refractivity contribution in [2.24, 2.45) is 0 Å². The summed E-state index contributed by atoms with van der Waals surface area (Å²) in [7, 11) is 3.23. The summed E-state index contributed by atoms with van der Waals surface area (Å²) in [5.41, 5.74) is -0.816. The van der Waals surface area contributed by atoms with Gasteiger partial charge in [0.2, 0.25) is 0 Å².